The summed E-state index contributed by atoms with van der Waals surface area (Å²) in [6.45, 7) is 1.50. The fourth-order valence-corrected chi connectivity index (χ4v) is 2.42. The molecule has 0 saturated heterocycles. The summed E-state index contributed by atoms with van der Waals surface area (Å²) in [7, 11) is 3.60. The maximum Gasteiger partial charge on any atom is 0.136 e. The summed E-state index contributed by atoms with van der Waals surface area (Å²) in [4.78, 5) is 2.16. The molecule has 0 fully saturated rings. The third-order valence-corrected chi connectivity index (χ3v) is 3.60. The van der Waals surface area contributed by atoms with Crippen molar-refractivity contribution in [2.24, 2.45) is 0 Å². The summed E-state index contributed by atoms with van der Waals surface area (Å²) >= 11 is 6.17. The third kappa shape index (κ3) is 3.98. The van der Waals surface area contributed by atoms with Crippen LogP contribution in [0.3, 0.4) is 0 Å². The smallest absolute Gasteiger partial charge is 0.136 e. The number of halogens is 1. The van der Waals surface area contributed by atoms with Crippen molar-refractivity contribution in [2.45, 2.75) is 13.1 Å². The molecule has 0 aliphatic carbocycles. The van der Waals surface area contributed by atoms with Crippen LogP contribution in [-0.2, 0) is 13.1 Å². The van der Waals surface area contributed by atoms with E-state index in [1.807, 2.05) is 49.5 Å². The molecule has 4 heteroatoms. The number of nitriles is 1. The summed E-state index contributed by atoms with van der Waals surface area (Å²) in [5.74, 6) is 0.606. The highest BCUT2D eigenvalue weighted by atomic mass is 35.5. The van der Waals surface area contributed by atoms with Crippen LogP contribution < -0.4 is 4.74 Å². The number of ether oxygens (including phenoxy) is 1. The fraction of sp³-hybridized carbons (Fsp3) is 0.235. The van der Waals surface area contributed by atoms with Gasteiger partial charge >= 0.3 is 0 Å². The van der Waals surface area contributed by atoms with E-state index in [1.165, 1.54) is 0 Å². The molecule has 3 nitrogen and oxygen atoms in total. The molecule has 0 saturated carbocycles. The zero-order valence-electron chi connectivity index (χ0n) is 12.1. The van der Waals surface area contributed by atoms with Crippen LogP contribution in [0.4, 0.5) is 0 Å². The molecule has 2 rings (SSSR count). The van der Waals surface area contributed by atoms with Crippen LogP contribution in [0.15, 0.2) is 42.5 Å². The lowest BCUT2D eigenvalue weighted by Crippen LogP contribution is -2.17. The average molecular weight is 301 g/mol. The van der Waals surface area contributed by atoms with Crippen molar-refractivity contribution in [3.63, 3.8) is 0 Å². The first-order valence-corrected chi connectivity index (χ1v) is 7.01. The number of hydrogen-bond acceptors (Lipinski definition) is 3. The quantitative estimate of drug-likeness (QED) is 0.841. The Hall–Kier alpha value is -2.02. The minimum absolute atomic E-state index is 0.557. The first kappa shape index (κ1) is 15.4. The zero-order valence-corrected chi connectivity index (χ0v) is 12.9. The van der Waals surface area contributed by atoms with Gasteiger partial charge in [-0.05, 0) is 36.4 Å². The van der Waals surface area contributed by atoms with Gasteiger partial charge in [0.15, 0.2) is 0 Å². The molecular formula is C17H17ClN2O. The van der Waals surface area contributed by atoms with Gasteiger partial charge in [-0.15, -0.1) is 0 Å². The van der Waals surface area contributed by atoms with E-state index in [9.17, 15) is 0 Å². The highest BCUT2D eigenvalue weighted by molar-refractivity contribution is 6.31. The van der Waals surface area contributed by atoms with E-state index in [1.54, 1.807) is 7.11 Å². The molecule has 0 heterocycles. The van der Waals surface area contributed by atoms with Crippen LogP contribution in [0.2, 0.25) is 5.02 Å². The Bertz CT molecular complexity index is 664. The molecule has 0 spiro atoms. The van der Waals surface area contributed by atoms with Crippen molar-refractivity contribution in [3.05, 3.63) is 64.2 Å². The molecule has 21 heavy (non-hydrogen) atoms. The van der Waals surface area contributed by atoms with E-state index < -0.39 is 0 Å². The molecule has 0 aliphatic rings. The molecule has 2 aromatic carbocycles. The minimum atomic E-state index is 0.557. The monoisotopic (exact) mass is 300 g/mol. The lowest BCUT2D eigenvalue weighted by atomic mass is 10.1. The number of hydrogen-bond donors (Lipinski definition) is 0. The number of rotatable bonds is 5. The average Bonchev–Trinajstić information content (AvgIpc) is 2.49. The second kappa shape index (κ2) is 7.12. The molecule has 0 bridgehead atoms. The molecule has 0 N–H and O–H groups in total. The maximum atomic E-state index is 9.12. The molecule has 0 atom stereocenters. The highest BCUT2D eigenvalue weighted by Gasteiger charge is 2.08. The Balaban J connectivity index is 2.08. The van der Waals surface area contributed by atoms with E-state index in [2.05, 4.69) is 11.0 Å². The standard InChI is InChI=1S/C17H17ClN2O/c1-20(12-14-5-3-4-6-16(14)18)11-13-7-8-17(21-2)15(9-13)10-19/h3-9H,11-12H2,1-2H3. The Morgan fingerprint density at radius 1 is 1.19 bits per heavy atom. The van der Waals surface area contributed by atoms with Gasteiger partial charge in [0.05, 0.1) is 12.7 Å². The topological polar surface area (TPSA) is 36.3 Å². The van der Waals surface area contributed by atoms with Gasteiger partial charge in [0, 0.05) is 18.1 Å². The summed E-state index contributed by atoms with van der Waals surface area (Å²) < 4.78 is 5.15. The van der Waals surface area contributed by atoms with Gasteiger partial charge in [-0.25, -0.2) is 0 Å². The van der Waals surface area contributed by atoms with Gasteiger partial charge in [0.25, 0.3) is 0 Å². The summed E-state index contributed by atoms with van der Waals surface area (Å²) in [6.07, 6.45) is 0. The van der Waals surface area contributed by atoms with E-state index in [-0.39, 0.29) is 0 Å². The summed E-state index contributed by atoms with van der Waals surface area (Å²) in [6, 6.07) is 15.6. The fourth-order valence-electron chi connectivity index (χ4n) is 2.23. The van der Waals surface area contributed by atoms with Gasteiger partial charge in [-0.3, -0.25) is 4.90 Å². The number of methoxy groups -OCH3 is 1. The molecule has 108 valence electrons. The van der Waals surface area contributed by atoms with Crippen LogP contribution in [0.25, 0.3) is 0 Å². The first-order valence-electron chi connectivity index (χ1n) is 6.63. The third-order valence-electron chi connectivity index (χ3n) is 3.23. The van der Waals surface area contributed by atoms with Gasteiger partial charge in [-0.2, -0.15) is 5.26 Å². The van der Waals surface area contributed by atoms with Gasteiger partial charge in [0.2, 0.25) is 0 Å². The molecule has 0 aromatic heterocycles. The summed E-state index contributed by atoms with van der Waals surface area (Å²) in [5, 5.41) is 9.89. The lowest BCUT2D eigenvalue weighted by molar-refractivity contribution is 0.319. The second-order valence-electron chi connectivity index (χ2n) is 4.91. The van der Waals surface area contributed by atoms with Crippen molar-refractivity contribution in [1.29, 1.82) is 5.26 Å². The SMILES string of the molecule is COc1ccc(CN(C)Cc2ccccc2Cl)cc1C#N. The predicted molar refractivity (Wildman–Crippen MR) is 84.3 cm³/mol. The predicted octanol–water partition coefficient (Wildman–Crippen LogP) is 3.85. The van der Waals surface area contributed by atoms with Crippen LogP contribution in [0, 0.1) is 11.3 Å². The largest absolute Gasteiger partial charge is 0.495 e. The first-order chi connectivity index (χ1) is 10.1. The number of benzene rings is 2. The van der Waals surface area contributed by atoms with Gasteiger partial charge < -0.3 is 4.74 Å². The van der Waals surface area contributed by atoms with Crippen molar-refractivity contribution in [2.75, 3.05) is 14.2 Å². The lowest BCUT2D eigenvalue weighted by Gasteiger charge is -2.18. The normalized spacial score (nSPS) is 10.4. The van der Waals surface area contributed by atoms with Crippen LogP contribution in [0.5, 0.6) is 5.75 Å². The Kier molecular flexibility index (Phi) is 5.21. The molecule has 0 amide bonds. The minimum Gasteiger partial charge on any atom is -0.495 e. The van der Waals surface area contributed by atoms with E-state index >= 15 is 0 Å². The molecule has 0 aliphatic heterocycles. The van der Waals surface area contributed by atoms with E-state index in [4.69, 9.17) is 21.6 Å². The zero-order chi connectivity index (χ0) is 15.2. The van der Waals surface area contributed by atoms with Crippen molar-refractivity contribution >= 4 is 11.6 Å². The van der Waals surface area contributed by atoms with E-state index in [0.29, 0.717) is 11.3 Å². The van der Waals surface area contributed by atoms with E-state index in [0.717, 1.165) is 29.2 Å². The summed E-state index contributed by atoms with van der Waals surface area (Å²) in [5.41, 5.74) is 2.72. The van der Waals surface area contributed by atoms with Crippen LogP contribution in [0.1, 0.15) is 16.7 Å². The Labute approximate surface area is 130 Å². The second-order valence-corrected chi connectivity index (χ2v) is 5.32. The van der Waals surface area contributed by atoms with Crippen molar-refractivity contribution in [3.8, 4) is 11.8 Å². The molecule has 0 radical (unpaired) electrons. The maximum absolute atomic E-state index is 9.12. The van der Waals surface area contributed by atoms with Crippen molar-refractivity contribution in [1.82, 2.24) is 4.90 Å². The van der Waals surface area contributed by atoms with Gasteiger partial charge in [-0.1, -0.05) is 35.9 Å². The van der Waals surface area contributed by atoms with Crippen LogP contribution in [-0.4, -0.2) is 19.1 Å². The molecular weight excluding hydrogens is 284 g/mol. The number of nitrogens with zero attached hydrogens (tertiary/aromatic N) is 2. The highest BCUT2D eigenvalue weighted by Crippen LogP contribution is 2.21. The molecule has 2 aromatic rings. The molecule has 0 unspecified atom stereocenters. The van der Waals surface area contributed by atoms with Crippen LogP contribution >= 0.6 is 11.6 Å². The van der Waals surface area contributed by atoms with Crippen molar-refractivity contribution < 1.29 is 4.74 Å². The van der Waals surface area contributed by atoms with Gasteiger partial charge in [0.1, 0.15) is 11.8 Å². The Morgan fingerprint density at radius 2 is 1.95 bits per heavy atom. The Morgan fingerprint density at radius 3 is 2.62 bits per heavy atom.